The Kier molecular flexibility index (Phi) is 8.49. The van der Waals surface area contributed by atoms with Crippen molar-refractivity contribution in [2.45, 2.75) is 31.6 Å². The first kappa shape index (κ1) is 23.5. The SMILES string of the molecule is Cc1ccc(C)c(S(=O)(=O)NCCNC(=O)CCCNC(=O)c2ccc(F)cc2)c1. The van der Waals surface area contributed by atoms with Gasteiger partial charge in [-0.2, -0.15) is 0 Å². The largest absolute Gasteiger partial charge is 0.355 e. The molecular weight excluding hydrogens is 409 g/mol. The van der Waals surface area contributed by atoms with Crippen LogP contribution in [0.25, 0.3) is 0 Å². The van der Waals surface area contributed by atoms with Gasteiger partial charge in [0.25, 0.3) is 5.91 Å². The summed E-state index contributed by atoms with van der Waals surface area (Å²) in [6.45, 7) is 4.07. The lowest BCUT2D eigenvalue weighted by Gasteiger charge is -2.11. The molecule has 0 aliphatic carbocycles. The lowest BCUT2D eigenvalue weighted by molar-refractivity contribution is -0.121. The monoisotopic (exact) mass is 435 g/mol. The number of benzene rings is 2. The average molecular weight is 436 g/mol. The van der Waals surface area contributed by atoms with Gasteiger partial charge in [0, 0.05) is 31.6 Å². The number of sulfonamides is 1. The Bertz CT molecular complexity index is 992. The Morgan fingerprint density at radius 1 is 0.933 bits per heavy atom. The highest BCUT2D eigenvalue weighted by Crippen LogP contribution is 2.16. The normalized spacial score (nSPS) is 11.2. The van der Waals surface area contributed by atoms with E-state index in [9.17, 15) is 22.4 Å². The molecule has 0 unspecified atom stereocenters. The van der Waals surface area contributed by atoms with E-state index in [1.807, 2.05) is 13.0 Å². The summed E-state index contributed by atoms with van der Waals surface area (Å²) in [4.78, 5) is 23.9. The zero-order chi connectivity index (χ0) is 22.1. The Balaban J connectivity index is 1.65. The molecule has 9 heteroatoms. The number of nitrogens with one attached hydrogen (secondary N) is 3. The Labute approximate surface area is 176 Å². The maximum absolute atomic E-state index is 12.8. The Morgan fingerprint density at radius 2 is 1.63 bits per heavy atom. The van der Waals surface area contributed by atoms with Crippen molar-refractivity contribution in [2.24, 2.45) is 0 Å². The van der Waals surface area contributed by atoms with Crippen molar-refractivity contribution >= 4 is 21.8 Å². The van der Waals surface area contributed by atoms with Crippen molar-refractivity contribution in [1.29, 1.82) is 0 Å². The molecular formula is C21H26FN3O4S. The number of hydrogen-bond acceptors (Lipinski definition) is 4. The van der Waals surface area contributed by atoms with Gasteiger partial charge in [-0.3, -0.25) is 9.59 Å². The smallest absolute Gasteiger partial charge is 0.251 e. The van der Waals surface area contributed by atoms with Crippen LogP contribution in [0.5, 0.6) is 0 Å². The van der Waals surface area contributed by atoms with Gasteiger partial charge in [-0.15, -0.1) is 0 Å². The summed E-state index contributed by atoms with van der Waals surface area (Å²) < 4.78 is 40.1. The molecule has 0 radical (unpaired) electrons. The maximum atomic E-state index is 12.8. The number of amides is 2. The quantitative estimate of drug-likeness (QED) is 0.497. The summed E-state index contributed by atoms with van der Waals surface area (Å²) in [5.41, 5.74) is 1.84. The molecule has 2 rings (SSSR count). The van der Waals surface area contributed by atoms with Gasteiger partial charge in [-0.1, -0.05) is 12.1 Å². The maximum Gasteiger partial charge on any atom is 0.251 e. The van der Waals surface area contributed by atoms with E-state index < -0.39 is 15.8 Å². The van der Waals surface area contributed by atoms with E-state index in [1.165, 1.54) is 24.3 Å². The molecule has 0 saturated heterocycles. The number of hydrogen-bond donors (Lipinski definition) is 3. The molecule has 0 atom stereocenters. The summed E-state index contributed by atoms with van der Waals surface area (Å²) in [7, 11) is -3.64. The van der Waals surface area contributed by atoms with Crippen molar-refractivity contribution in [3.63, 3.8) is 0 Å². The molecule has 2 aromatic rings. The molecule has 0 aliphatic rings. The van der Waals surface area contributed by atoms with Crippen molar-refractivity contribution < 1.29 is 22.4 Å². The highest BCUT2D eigenvalue weighted by Gasteiger charge is 2.16. The number of carbonyl (C=O) groups excluding carboxylic acids is 2. The molecule has 0 fully saturated rings. The van der Waals surface area contributed by atoms with Crippen LogP contribution in [0.4, 0.5) is 4.39 Å². The van der Waals surface area contributed by atoms with Gasteiger partial charge in [0.05, 0.1) is 4.90 Å². The van der Waals surface area contributed by atoms with E-state index >= 15 is 0 Å². The third-order valence-corrected chi connectivity index (χ3v) is 5.95. The predicted octanol–water partition coefficient (Wildman–Crippen LogP) is 2.05. The minimum Gasteiger partial charge on any atom is -0.355 e. The topological polar surface area (TPSA) is 104 Å². The molecule has 0 saturated carbocycles. The van der Waals surface area contributed by atoms with E-state index in [4.69, 9.17) is 0 Å². The zero-order valence-corrected chi connectivity index (χ0v) is 17.8. The van der Waals surface area contributed by atoms with Crippen LogP contribution >= 0.6 is 0 Å². The fraction of sp³-hybridized carbons (Fsp3) is 0.333. The number of aryl methyl sites for hydroxylation is 2. The molecule has 3 N–H and O–H groups in total. The molecule has 30 heavy (non-hydrogen) atoms. The predicted molar refractivity (Wildman–Crippen MR) is 112 cm³/mol. The van der Waals surface area contributed by atoms with Crippen molar-refractivity contribution in [3.05, 3.63) is 65.0 Å². The van der Waals surface area contributed by atoms with Crippen LogP contribution in [0.15, 0.2) is 47.4 Å². The van der Waals surface area contributed by atoms with Gasteiger partial charge in [-0.25, -0.2) is 17.5 Å². The average Bonchev–Trinajstić information content (AvgIpc) is 2.70. The van der Waals surface area contributed by atoms with Crippen molar-refractivity contribution in [2.75, 3.05) is 19.6 Å². The van der Waals surface area contributed by atoms with Crippen LogP contribution in [0.1, 0.15) is 34.3 Å². The van der Waals surface area contributed by atoms with Crippen LogP contribution in [0, 0.1) is 19.7 Å². The van der Waals surface area contributed by atoms with Crippen LogP contribution < -0.4 is 15.4 Å². The molecule has 0 spiro atoms. The summed E-state index contributed by atoms with van der Waals surface area (Å²) in [5, 5.41) is 5.29. The molecule has 162 valence electrons. The molecule has 0 aromatic heterocycles. The van der Waals surface area contributed by atoms with E-state index in [2.05, 4.69) is 15.4 Å². The minimum absolute atomic E-state index is 0.0722. The van der Waals surface area contributed by atoms with E-state index in [0.717, 1.165) is 5.56 Å². The standard InChI is InChI=1S/C21H26FN3O4S/c1-15-5-6-16(2)19(14-15)30(28,29)25-13-12-23-20(26)4-3-11-24-21(27)17-7-9-18(22)10-8-17/h5-10,14,25H,3-4,11-13H2,1-2H3,(H,23,26)(H,24,27). The molecule has 7 nitrogen and oxygen atoms in total. The van der Waals surface area contributed by atoms with Crippen LogP contribution in [-0.4, -0.2) is 39.9 Å². The second kappa shape index (κ2) is 10.8. The second-order valence-corrected chi connectivity index (χ2v) is 8.62. The molecule has 0 aliphatic heterocycles. The third kappa shape index (κ3) is 7.23. The summed E-state index contributed by atoms with van der Waals surface area (Å²) in [6, 6.07) is 10.4. The van der Waals surface area contributed by atoms with Crippen LogP contribution in [-0.2, 0) is 14.8 Å². The Morgan fingerprint density at radius 3 is 2.33 bits per heavy atom. The fourth-order valence-corrected chi connectivity index (χ4v) is 4.06. The lowest BCUT2D eigenvalue weighted by atomic mass is 10.2. The van der Waals surface area contributed by atoms with Gasteiger partial charge >= 0.3 is 0 Å². The zero-order valence-electron chi connectivity index (χ0n) is 17.0. The van der Waals surface area contributed by atoms with Crippen molar-refractivity contribution in [1.82, 2.24) is 15.4 Å². The second-order valence-electron chi connectivity index (χ2n) is 6.88. The first-order valence-electron chi connectivity index (χ1n) is 9.56. The van der Waals surface area contributed by atoms with Gasteiger partial charge in [0.1, 0.15) is 5.82 Å². The summed E-state index contributed by atoms with van der Waals surface area (Å²) in [6.07, 6.45) is 0.612. The van der Waals surface area contributed by atoms with Crippen LogP contribution in [0.3, 0.4) is 0 Å². The first-order valence-corrected chi connectivity index (χ1v) is 11.0. The molecule has 0 bridgehead atoms. The van der Waals surface area contributed by atoms with E-state index in [1.54, 1.807) is 19.1 Å². The van der Waals surface area contributed by atoms with Gasteiger partial charge < -0.3 is 10.6 Å². The summed E-state index contributed by atoms with van der Waals surface area (Å²) in [5.74, 6) is -0.993. The first-order chi connectivity index (χ1) is 14.2. The number of halogens is 1. The molecule has 2 amide bonds. The van der Waals surface area contributed by atoms with Crippen LogP contribution in [0.2, 0.25) is 0 Å². The Hall–Kier alpha value is -2.78. The molecule has 2 aromatic carbocycles. The van der Waals surface area contributed by atoms with Crippen molar-refractivity contribution in [3.8, 4) is 0 Å². The highest BCUT2D eigenvalue weighted by molar-refractivity contribution is 7.89. The lowest BCUT2D eigenvalue weighted by Crippen LogP contribution is -2.35. The number of carbonyl (C=O) groups is 2. The highest BCUT2D eigenvalue weighted by atomic mass is 32.2. The third-order valence-electron chi connectivity index (χ3n) is 4.34. The van der Waals surface area contributed by atoms with Gasteiger partial charge in [0.15, 0.2) is 0 Å². The number of rotatable bonds is 10. The van der Waals surface area contributed by atoms with E-state index in [0.29, 0.717) is 24.1 Å². The van der Waals surface area contributed by atoms with Gasteiger partial charge in [0.2, 0.25) is 15.9 Å². The molecule has 0 heterocycles. The van der Waals surface area contributed by atoms with Gasteiger partial charge in [-0.05, 0) is 61.7 Å². The minimum atomic E-state index is -3.64. The summed E-state index contributed by atoms with van der Waals surface area (Å²) >= 11 is 0. The van der Waals surface area contributed by atoms with E-state index in [-0.39, 0.29) is 36.2 Å². The fourth-order valence-electron chi connectivity index (χ4n) is 2.70.